The van der Waals surface area contributed by atoms with E-state index in [0.717, 1.165) is 35.7 Å². The van der Waals surface area contributed by atoms with Gasteiger partial charge in [-0.25, -0.2) is 0 Å². The van der Waals surface area contributed by atoms with Crippen LogP contribution < -0.4 is 15.5 Å². The Bertz CT molecular complexity index is 978. The predicted molar refractivity (Wildman–Crippen MR) is 119 cm³/mol. The summed E-state index contributed by atoms with van der Waals surface area (Å²) in [4.78, 5) is 19.3. The van der Waals surface area contributed by atoms with Gasteiger partial charge in [0.25, 0.3) is 5.91 Å². The fraction of sp³-hybridized carbons (Fsp3) is 0.250. The summed E-state index contributed by atoms with van der Waals surface area (Å²) in [5, 5.41) is 6.29. The number of piperidine rings is 1. The predicted octanol–water partition coefficient (Wildman–Crippen LogP) is 5.38. The highest BCUT2D eigenvalue weighted by Crippen LogP contribution is 2.24. The van der Waals surface area contributed by atoms with Crippen LogP contribution in [-0.4, -0.2) is 24.0 Å². The first-order chi connectivity index (χ1) is 14.2. The molecule has 3 aromatic rings. The van der Waals surface area contributed by atoms with Crippen LogP contribution in [0.5, 0.6) is 0 Å². The van der Waals surface area contributed by atoms with Gasteiger partial charge in [-0.3, -0.25) is 9.78 Å². The van der Waals surface area contributed by atoms with E-state index in [-0.39, 0.29) is 5.91 Å². The van der Waals surface area contributed by atoms with E-state index in [0.29, 0.717) is 5.56 Å². The number of anilines is 4. The van der Waals surface area contributed by atoms with Crippen LogP contribution in [0.3, 0.4) is 0 Å². The summed E-state index contributed by atoms with van der Waals surface area (Å²) >= 11 is 0. The molecule has 1 aliphatic rings. The fourth-order valence-corrected chi connectivity index (χ4v) is 3.61. The quantitative estimate of drug-likeness (QED) is 0.618. The van der Waals surface area contributed by atoms with Crippen molar-refractivity contribution >= 4 is 28.7 Å². The van der Waals surface area contributed by atoms with Gasteiger partial charge in [-0.05, 0) is 68.1 Å². The molecule has 0 unspecified atom stereocenters. The number of amides is 1. The van der Waals surface area contributed by atoms with Crippen molar-refractivity contribution in [3.05, 3.63) is 78.1 Å². The zero-order chi connectivity index (χ0) is 20.1. The monoisotopic (exact) mass is 386 g/mol. The molecule has 29 heavy (non-hydrogen) atoms. The summed E-state index contributed by atoms with van der Waals surface area (Å²) < 4.78 is 0. The lowest BCUT2D eigenvalue weighted by Crippen LogP contribution is -2.29. The van der Waals surface area contributed by atoms with Gasteiger partial charge in [0.2, 0.25) is 0 Å². The number of para-hydroxylation sites is 1. The van der Waals surface area contributed by atoms with E-state index in [1.807, 2.05) is 37.3 Å². The standard InChI is InChI=1S/C24H26N4O/c1-18-7-3-4-8-23(18)27-24(29)19-15-21(17-25-16-19)26-20-9-11-22(12-10-20)28-13-5-2-6-14-28/h3-4,7-12,15-17,26H,2,5-6,13-14H2,1H3,(H,27,29). The first kappa shape index (κ1) is 19.0. The molecule has 2 aromatic carbocycles. The second-order valence-corrected chi connectivity index (χ2v) is 7.45. The Morgan fingerprint density at radius 3 is 2.45 bits per heavy atom. The van der Waals surface area contributed by atoms with Crippen LogP contribution in [0.25, 0.3) is 0 Å². The van der Waals surface area contributed by atoms with E-state index in [1.54, 1.807) is 12.4 Å². The Labute approximate surface area is 171 Å². The molecule has 5 heteroatoms. The molecule has 0 radical (unpaired) electrons. The number of aromatic nitrogens is 1. The summed E-state index contributed by atoms with van der Waals surface area (Å²) in [5.74, 6) is -0.170. The van der Waals surface area contributed by atoms with E-state index >= 15 is 0 Å². The lowest BCUT2D eigenvalue weighted by Gasteiger charge is -2.28. The number of aryl methyl sites for hydroxylation is 1. The van der Waals surface area contributed by atoms with Crippen molar-refractivity contribution < 1.29 is 4.79 Å². The number of nitrogens with one attached hydrogen (secondary N) is 2. The van der Waals surface area contributed by atoms with Crippen molar-refractivity contribution in [2.75, 3.05) is 28.6 Å². The van der Waals surface area contributed by atoms with Crippen LogP contribution in [0.2, 0.25) is 0 Å². The smallest absolute Gasteiger partial charge is 0.257 e. The van der Waals surface area contributed by atoms with Crippen LogP contribution in [0.1, 0.15) is 35.2 Å². The van der Waals surface area contributed by atoms with Gasteiger partial charge in [0, 0.05) is 36.3 Å². The summed E-state index contributed by atoms with van der Waals surface area (Å²) in [7, 11) is 0. The average molecular weight is 386 g/mol. The second kappa shape index (κ2) is 8.78. The molecule has 148 valence electrons. The molecule has 1 fully saturated rings. The van der Waals surface area contributed by atoms with Crippen molar-refractivity contribution in [3.63, 3.8) is 0 Å². The third-order valence-electron chi connectivity index (χ3n) is 5.27. The lowest BCUT2D eigenvalue weighted by molar-refractivity contribution is 0.102. The average Bonchev–Trinajstić information content (AvgIpc) is 2.77. The van der Waals surface area contributed by atoms with E-state index in [9.17, 15) is 4.79 Å². The first-order valence-corrected chi connectivity index (χ1v) is 10.1. The van der Waals surface area contributed by atoms with Crippen LogP contribution in [-0.2, 0) is 0 Å². The Balaban J connectivity index is 1.43. The van der Waals surface area contributed by atoms with Crippen LogP contribution in [0, 0.1) is 6.92 Å². The molecular formula is C24H26N4O. The van der Waals surface area contributed by atoms with E-state index in [2.05, 4.69) is 44.8 Å². The molecule has 1 amide bonds. The number of carbonyl (C=O) groups is 1. The van der Waals surface area contributed by atoms with Crippen LogP contribution in [0.4, 0.5) is 22.7 Å². The molecule has 5 nitrogen and oxygen atoms in total. The van der Waals surface area contributed by atoms with Gasteiger partial charge in [0.05, 0.1) is 17.4 Å². The van der Waals surface area contributed by atoms with Crippen molar-refractivity contribution in [2.24, 2.45) is 0 Å². The zero-order valence-electron chi connectivity index (χ0n) is 16.7. The summed E-state index contributed by atoms with van der Waals surface area (Å²) in [5.41, 5.74) is 5.38. The minimum atomic E-state index is -0.170. The Morgan fingerprint density at radius 1 is 0.931 bits per heavy atom. The topological polar surface area (TPSA) is 57.3 Å². The molecule has 0 bridgehead atoms. The number of rotatable bonds is 5. The minimum absolute atomic E-state index is 0.170. The number of hydrogen-bond acceptors (Lipinski definition) is 4. The molecule has 1 aromatic heterocycles. The molecule has 2 heterocycles. The molecule has 0 aliphatic carbocycles. The molecule has 0 spiro atoms. The highest BCUT2D eigenvalue weighted by molar-refractivity contribution is 6.05. The highest BCUT2D eigenvalue weighted by atomic mass is 16.1. The molecule has 2 N–H and O–H groups in total. The van der Waals surface area contributed by atoms with E-state index in [1.165, 1.54) is 24.9 Å². The third kappa shape index (κ3) is 4.74. The highest BCUT2D eigenvalue weighted by Gasteiger charge is 2.11. The van der Waals surface area contributed by atoms with Gasteiger partial charge < -0.3 is 15.5 Å². The van der Waals surface area contributed by atoms with Gasteiger partial charge in [0.15, 0.2) is 0 Å². The maximum absolute atomic E-state index is 12.6. The number of pyridine rings is 1. The largest absolute Gasteiger partial charge is 0.372 e. The Hall–Kier alpha value is -3.34. The first-order valence-electron chi connectivity index (χ1n) is 10.1. The molecule has 0 saturated carbocycles. The zero-order valence-corrected chi connectivity index (χ0v) is 16.7. The second-order valence-electron chi connectivity index (χ2n) is 7.45. The van der Waals surface area contributed by atoms with Crippen LogP contribution >= 0.6 is 0 Å². The maximum atomic E-state index is 12.6. The normalized spacial score (nSPS) is 13.8. The molecule has 1 saturated heterocycles. The number of carbonyl (C=O) groups excluding carboxylic acids is 1. The molecular weight excluding hydrogens is 360 g/mol. The SMILES string of the molecule is Cc1ccccc1NC(=O)c1cncc(Nc2ccc(N3CCCCC3)cc2)c1. The van der Waals surface area contributed by atoms with Gasteiger partial charge in [0.1, 0.15) is 0 Å². The summed E-state index contributed by atoms with van der Waals surface area (Å²) in [6.07, 6.45) is 7.17. The van der Waals surface area contributed by atoms with Gasteiger partial charge >= 0.3 is 0 Å². The van der Waals surface area contributed by atoms with E-state index in [4.69, 9.17) is 0 Å². The number of benzene rings is 2. The van der Waals surface area contributed by atoms with Gasteiger partial charge in [-0.15, -0.1) is 0 Å². The lowest BCUT2D eigenvalue weighted by atomic mass is 10.1. The van der Waals surface area contributed by atoms with Crippen molar-refractivity contribution in [2.45, 2.75) is 26.2 Å². The Kier molecular flexibility index (Phi) is 5.75. The molecule has 1 aliphatic heterocycles. The van der Waals surface area contributed by atoms with E-state index < -0.39 is 0 Å². The van der Waals surface area contributed by atoms with Gasteiger partial charge in [-0.1, -0.05) is 18.2 Å². The van der Waals surface area contributed by atoms with Crippen molar-refractivity contribution in [3.8, 4) is 0 Å². The maximum Gasteiger partial charge on any atom is 0.257 e. The third-order valence-corrected chi connectivity index (χ3v) is 5.27. The summed E-state index contributed by atoms with van der Waals surface area (Å²) in [6, 6.07) is 18.0. The minimum Gasteiger partial charge on any atom is -0.372 e. The molecule has 4 rings (SSSR count). The van der Waals surface area contributed by atoms with Crippen molar-refractivity contribution in [1.82, 2.24) is 4.98 Å². The van der Waals surface area contributed by atoms with Crippen LogP contribution in [0.15, 0.2) is 67.0 Å². The fourth-order valence-electron chi connectivity index (χ4n) is 3.61. The number of nitrogens with zero attached hydrogens (tertiary/aromatic N) is 2. The molecule has 0 atom stereocenters. The Morgan fingerprint density at radius 2 is 1.69 bits per heavy atom. The number of hydrogen-bond donors (Lipinski definition) is 2. The van der Waals surface area contributed by atoms with Crippen molar-refractivity contribution in [1.29, 1.82) is 0 Å². The summed E-state index contributed by atoms with van der Waals surface area (Å²) in [6.45, 7) is 4.24. The van der Waals surface area contributed by atoms with Gasteiger partial charge in [-0.2, -0.15) is 0 Å².